The summed E-state index contributed by atoms with van der Waals surface area (Å²) in [5, 5.41) is 7.39. The lowest BCUT2D eigenvalue weighted by Crippen LogP contribution is -2.16. The Balaban J connectivity index is 2.06. The molecule has 1 aliphatic rings. The number of rotatable bonds is 4. The molecule has 1 fully saturated rings. The van der Waals surface area contributed by atoms with Gasteiger partial charge in [0, 0.05) is 6.04 Å². The fourth-order valence-electron chi connectivity index (χ4n) is 1.60. The van der Waals surface area contributed by atoms with E-state index >= 15 is 0 Å². The Kier molecular flexibility index (Phi) is 2.60. The molecule has 0 saturated heterocycles. The van der Waals surface area contributed by atoms with Crippen molar-refractivity contribution in [3.8, 4) is 0 Å². The second-order valence-electron chi connectivity index (χ2n) is 3.74. The predicted molar refractivity (Wildman–Crippen MR) is 53.8 cm³/mol. The molecular formula is C9H15N3S. The summed E-state index contributed by atoms with van der Waals surface area (Å²) in [4.78, 5) is 1.31. The zero-order valence-electron chi connectivity index (χ0n) is 8.08. The van der Waals surface area contributed by atoms with Gasteiger partial charge in [-0.25, -0.2) is 0 Å². The molecule has 1 aliphatic carbocycles. The third-order valence-corrected chi connectivity index (χ3v) is 3.56. The van der Waals surface area contributed by atoms with Crippen LogP contribution in [0.25, 0.3) is 0 Å². The van der Waals surface area contributed by atoms with Crippen molar-refractivity contribution in [3.63, 3.8) is 0 Å². The van der Waals surface area contributed by atoms with Gasteiger partial charge in [-0.15, -0.1) is 5.10 Å². The summed E-state index contributed by atoms with van der Waals surface area (Å²) >= 11 is 1.53. The molecule has 0 radical (unpaired) electrons. The molecule has 1 atom stereocenters. The van der Waals surface area contributed by atoms with Gasteiger partial charge in [0.05, 0.1) is 10.6 Å². The van der Waals surface area contributed by atoms with E-state index < -0.39 is 0 Å². The topological polar surface area (TPSA) is 37.8 Å². The average molecular weight is 197 g/mol. The van der Waals surface area contributed by atoms with Crippen molar-refractivity contribution in [1.29, 1.82) is 0 Å². The molecule has 1 aromatic heterocycles. The first-order valence-electron chi connectivity index (χ1n) is 4.77. The van der Waals surface area contributed by atoms with Gasteiger partial charge in [0.2, 0.25) is 0 Å². The van der Waals surface area contributed by atoms with E-state index in [1.807, 2.05) is 14.0 Å². The van der Waals surface area contributed by atoms with Gasteiger partial charge in [-0.3, -0.25) is 0 Å². The van der Waals surface area contributed by atoms with E-state index in [0.717, 1.165) is 11.6 Å². The van der Waals surface area contributed by atoms with Crippen molar-refractivity contribution in [3.05, 3.63) is 10.6 Å². The van der Waals surface area contributed by atoms with E-state index in [1.165, 1.54) is 35.7 Å². The van der Waals surface area contributed by atoms with Crippen LogP contribution in [0.3, 0.4) is 0 Å². The van der Waals surface area contributed by atoms with E-state index in [2.05, 4.69) is 14.9 Å². The Labute approximate surface area is 82.7 Å². The largest absolute Gasteiger partial charge is 0.312 e. The number of nitrogens with zero attached hydrogens (tertiary/aromatic N) is 2. The van der Waals surface area contributed by atoms with Crippen LogP contribution in [-0.2, 0) is 0 Å². The maximum atomic E-state index is 4.04. The van der Waals surface area contributed by atoms with Crippen LogP contribution in [0.4, 0.5) is 0 Å². The summed E-state index contributed by atoms with van der Waals surface area (Å²) in [6.45, 7) is 2.04. The van der Waals surface area contributed by atoms with Crippen LogP contribution in [0.15, 0.2) is 0 Å². The Hall–Kier alpha value is -0.480. The van der Waals surface area contributed by atoms with Crippen molar-refractivity contribution < 1.29 is 0 Å². The van der Waals surface area contributed by atoms with E-state index in [1.54, 1.807) is 0 Å². The normalized spacial score (nSPS) is 18.9. The number of aryl methyl sites for hydroxylation is 1. The van der Waals surface area contributed by atoms with Crippen LogP contribution in [-0.4, -0.2) is 16.6 Å². The molecule has 0 amide bonds. The van der Waals surface area contributed by atoms with Gasteiger partial charge in [-0.1, -0.05) is 17.3 Å². The average Bonchev–Trinajstić information content (AvgIpc) is 2.85. The van der Waals surface area contributed by atoms with Crippen LogP contribution < -0.4 is 5.32 Å². The Morgan fingerprint density at radius 3 is 2.85 bits per heavy atom. The molecule has 2 rings (SSSR count). The molecule has 1 unspecified atom stereocenters. The molecule has 1 aromatic rings. The van der Waals surface area contributed by atoms with Crippen LogP contribution in [0, 0.1) is 12.8 Å². The fraction of sp³-hybridized carbons (Fsp3) is 0.778. The maximum absolute atomic E-state index is 4.04. The smallest absolute Gasteiger partial charge is 0.0772 e. The Morgan fingerprint density at radius 1 is 1.62 bits per heavy atom. The highest BCUT2D eigenvalue weighted by molar-refractivity contribution is 7.05. The lowest BCUT2D eigenvalue weighted by molar-refractivity contribution is 0.519. The van der Waals surface area contributed by atoms with Crippen molar-refractivity contribution in [2.75, 3.05) is 7.05 Å². The van der Waals surface area contributed by atoms with Gasteiger partial charge in [0.25, 0.3) is 0 Å². The molecule has 1 N–H and O–H groups in total. The van der Waals surface area contributed by atoms with Gasteiger partial charge in [-0.2, -0.15) is 0 Å². The quantitative estimate of drug-likeness (QED) is 0.801. The highest BCUT2D eigenvalue weighted by Crippen LogP contribution is 2.38. The lowest BCUT2D eigenvalue weighted by Gasteiger charge is -2.13. The molecule has 1 saturated carbocycles. The number of hydrogen-bond acceptors (Lipinski definition) is 4. The number of nitrogens with one attached hydrogen (secondary N) is 1. The summed E-state index contributed by atoms with van der Waals surface area (Å²) in [7, 11) is 2.02. The van der Waals surface area contributed by atoms with E-state index in [0.29, 0.717) is 6.04 Å². The van der Waals surface area contributed by atoms with E-state index in [-0.39, 0.29) is 0 Å². The molecule has 0 bridgehead atoms. The number of hydrogen-bond donors (Lipinski definition) is 1. The van der Waals surface area contributed by atoms with Gasteiger partial charge < -0.3 is 5.32 Å². The van der Waals surface area contributed by atoms with Crippen LogP contribution >= 0.6 is 11.5 Å². The molecule has 4 heteroatoms. The summed E-state index contributed by atoms with van der Waals surface area (Å²) in [5.41, 5.74) is 1.09. The van der Waals surface area contributed by atoms with Crippen molar-refractivity contribution >= 4 is 11.5 Å². The molecule has 3 nitrogen and oxygen atoms in total. The predicted octanol–water partition coefficient (Wildman–Crippen LogP) is 1.91. The maximum Gasteiger partial charge on any atom is 0.0772 e. The van der Waals surface area contributed by atoms with E-state index in [4.69, 9.17) is 0 Å². The zero-order valence-corrected chi connectivity index (χ0v) is 8.90. The van der Waals surface area contributed by atoms with Crippen LogP contribution in [0.2, 0.25) is 0 Å². The van der Waals surface area contributed by atoms with Crippen molar-refractivity contribution in [1.82, 2.24) is 14.9 Å². The molecule has 0 spiro atoms. The Bertz CT molecular complexity index is 280. The first-order valence-corrected chi connectivity index (χ1v) is 5.54. The Morgan fingerprint density at radius 2 is 2.38 bits per heavy atom. The highest BCUT2D eigenvalue weighted by Gasteiger charge is 2.27. The van der Waals surface area contributed by atoms with Gasteiger partial charge >= 0.3 is 0 Å². The van der Waals surface area contributed by atoms with Crippen LogP contribution in [0.1, 0.15) is 35.9 Å². The van der Waals surface area contributed by atoms with Gasteiger partial charge in [-0.05, 0) is 37.8 Å². The molecule has 13 heavy (non-hydrogen) atoms. The summed E-state index contributed by atoms with van der Waals surface area (Å²) in [6, 6.07) is 0.479. The third-order valence-electron chi connectivity index (χ3n) is 2.62. The monoisotopic (exact) mass is 197 g/mol. The summed E-state index contributed by atoms with van der Waals surface area (Å²) in [5.74, 6) is 0.943. The first-order chi connectivity index (χ1) is 6.31. The standard InChI is InChI=1S/C9H15N3S/c1-6-9(13-12-11-6)8(10-2)5-7-3-4-7/h7-8,10H,3-5H2,1-2H3. The molecule has 0 aliphatic heterocycles. The molecule has 0 aromatic carbocycles. The minimum Gasteiger partial charge on any atom is -0.312 e. The highest BCUT2D eigenvalue weighted by atomic mass is 32.1. The fourth-order valence-corrected chi connectivity index (χ4v) is 2.37. The molecule has 1 heterocycles. The van der Waals surface area contributed by atoms with E-state index in [9.17, 15) is 0 Å². The second kappa shape index (κ2) is 3.72. The minimum atomic E-state index is 0.479. The number of aromatic nitrogens is 2. The SMILES string of the molecule is CNC(CC1CC1)c1snnc1C. The van der Waals surface area contributed by atoms with Gasteiger partial charge in [0.1, 0.15) is 0 Å². The third kappa shape index (κ3) is 2.06. The molecular weight excluding hydrogens is 182 g/mol. The first kappa shape index (κ1) is 9.09. The summed E-state index contributed by atoms with van der Waals surface area (Å²) in [6.07, 6.45) is 4.06. The minimum absolute atomic E-state index is 0.479. The van der Waals surface area contributed by atoms with Crippen LogP contribution in [0.5, 0.6) is 0 Å². The second-order valence-corrected chi connectivity index (χ2v) is 4.53. The van der Waals surface area contributed by atoms with Crippen molar-refractivity contribution in [2.24, 2.45) is 5.92 Å². The summed E-state index contributed by atoms with van der Waals surface area (Å²) < 4.78 is 3.97. The molecule has 72 valence electrons. The van der Waals surface area contributed by atoms with Gasteiger partial charge in [0.15, 0.2) is 0 Å². The zero-order chi connectivity index (χ0) is 9.26. The van der Waals surface area contributed by atoms with Crippen molar-refractivity contribution in [2.45, 2.75) is 32.2 Å². The lowest BCUT2D eigenvalue weighted by atomic mass is 10.1.